The minimum atomic E-state index is -2.52. The van der Waals surface area contributed by atoms with Crippen LogP contribution in [0.2, 0.25) is 6.04 Å². The summed E-state index contributed by atoms with van der Waals surface area (Å²) in [6.45, 7) is 1.63. The Kier molecular flexibility index (Phi) is 7.23. The van der Waals surface area contributed by atoms with Crippen molar-refractivity contribution in [1.29, 1.82) is 0 Å². The molecule has 0 aliphatic carbocycles. The highest BCUT2D eigenvalue weighted by Crippen LogP contribution is 2.15. The van der Waals surface area contributed by atoms with Crippen molar-refractivity contribution in [2.24, 2.45) is 5.92 Å². The van der Waals surface area contributed by atoms with Crippen molar-refractivity contribution in [3.05, 3.63) is 12.2 Å². The molecule has 16 heavy (non-hydrogen) atoms. The van der Waals surface area contributed by atoms with Crippen LogP contribution in [0.5, 0.6) is 0 Å². The fraction of sp³-hybridized carbons (Fsp3) is 0.700. The molecule has 0 bridgehead atoms. The first kappa shape index (κ1) is 15.3. The summed E-state index contributed by atoms with van der Waals surface area (Å²) >= 11 is 0. The van der Waals surface area contributed by atoms with Crippen molar-refractivity contribution in [1.82, 2.24) is 0 Å². The Morgan fingerprint density at radius 1 is 1.31 bits per heavy atom. The van der Waals surface area contributed by atoms with Crippen LogP contribution in [0, 0.1) is 5.92 Å². The molecule has 0 aromatic rings. The second-order valence-corrected chi connectivity index (χ2v) is 6.48. The summed E-state index contributed by atoms with van der Waals surface area (Å²) in [6.07, 6.45) is 4.15. The maximum absolute atomic E-state index is 10.5. The van der Waals surface area contributed by atoms with Crippen molar-refractivity contribution in [2.45, 2.75) is 19.4 Å². The lowest BCUT2D eigenvalue weighted by Crippen LogP contribution is -2.42. The van der Waals surface area contributed by atoms with E-state index >= 15 is 0 Å². The summed E-state index contributed by atoms with van der Waals surface area (Å²) in [5.74, 6) is -1.30. The van der Waals surface area contributed by atoms with Gasteiger partial charge in [-0.3, -0.25) is 4.79 Å². The Morgan fingerprint density at radius 2 is 1.81 bits per heavy atom. The van der Waals surface area contributed by atoms with Gasteiger partial charge in [-0.05, 0) is 13.3 Å². The number of rotatable bonds is 8. The molecule has 0 aliphatic rings. The second kappa shape index (κ2) is 7.56. The Balaban J connectivity index is 4.09. The van der Waals surface area contributed by atoms with Crippen LogP contribution in [0.1, 0.15) is 13.3 Å². The van der Waals surface area contributed by atoms with Crippen LogP contribution in [0.3, 0.4) is 0 Å². The average Bonchev–Trinajstić information content (AvgIpc) is 2.30. The van der Waals surface area contributed by atoms with E-state index in [1.807, 2.05) is 6.08 Å². The van der Waals surface area contributed by atoms with Crippen LogP contribution < -0.4 is 0 Å². The first-order chi connectivity index (χ1) is 7.51. The smallest absolute Gasteiger partial charge is 0.481 e. The molecule has 0 amide bonds. The summed E-state index contributed by atoms with van der Waals surface area (Å²) in [7, 11) is 2.16. The zero-order valence-corrected chi connectivity index (χ0v) is 11.2. The van der Waals surface area contributed by atoms with Crippen LogP contribution in [0.25, 0.3) is 0 Å². The van der Waals surface area contributed by atoms with Gasteiger partial charge in [0.2, 0.25) is 0 Å². The zero-order chi connectivity index (χ0) is 12.6. The van der Waals surface area contributed by atoms with E-state index in [1.54, 1.807) is 34.3 Å². The molecule has 94 valence electrons. The van der Waals surface area contributed by atoms with E-state index < -0.39 is 20.7 Å². The number of carboxylic acids is 1. The molecule has 5 nitrogen and oxygen atoms in total. The van der Waals surface area contributed by atoms with Gasteiger partial charge in [0.15, 0.2) is 0 Å². The van der Waals surface area contributed by atoms with Gasteiger partial charge in [-0.2, -0.15) is 0 Å². The normalized spacial score (nSPS) is 14.2. The summed E-state index contributed by atoms with van der Waals surface area (Å²) < 4.78 is 15.7. The Morgan fingerprint density at radius 3 is 2.19 bits per heavy atom. The number of aliphatic carboxylic acids is 1. The van der Waals surface area contributed by atoms with Crippen molar-refractivity contribution >= 4 is 14.8 Å². The van der Waals surface area contributed by atoms with Crippen LogP contribution in [0.4, 0.5) is 0 Å². The predicted molar refractivity (Wildman–Crippen MR) is 62.1 cm³/mol. The van der Waals surface area contributed by atoms with Crippen LogP contribution in [-0.4, -0.2) is 41.2 Å². The molecular weight excluding hydrogens is 228 g/mol. The number of allylic oxidation sites excluding steroid dienone is 1. The highest BCUT2D eigenvalue weighted by Gasteiger charge is 2.36. The van der Waals surface area contributed by atoms with Crippen LogP contribution in [-0.2, 0) is 18.1 Å². The number of carboxylic acid groups (broad SMARTS) is 1. The van der Waals surface area contributed by atoms with Crippen LogP contribution in [0.15, 0.2) is 12.2 Å². The standard InChI is InChI=1S/C10H20O5Si/c1-9(10(11)12)7-5-6-8-16(13-2,14-3)15-4/h5,7,9H,6,8H2,1-4H3,(H,11,12)/b7-5+. The lowest BCUT2D eigenvalue weighted by atomic mass is 10.1. The molecule has 6 heteroatoms. The Labute approximate surface area is 97.4 Å². The molecule has 0 aromatic heterocycles. The maximum atomic E-state index is 10.5. The molecule has 1 atom stereocenters. The zero-order valence-electron chi connectivity index (χ0n) is 10.2. The first-order valence-corrected chi connectivity index (χ1v) is 6.99. The topological polar surface area (TPSA) is 65.0 Å². The lowest BCUT2D eigenvalue weighted by molar-refractivity contribution is -0.139. The Hall–Kier alpha value is -0.693. The molecule has 0 aliphatic heterocycles. The fourth-order valence-electron chi connectivity index (χ4n) is 1.20. The van der Waals surface area contributed by atoms with Gasteiger partial charge < -0.3 is 18.4 Å². The molecule has 0 fully saturated rings. The lowest BCUT2D eigenvalue weighted by Gasteiger charge is -2.23. The van der Waals surface area contributed by atoms with Gasteiger partial charge in [0.25, 0.3) is 0 Å². The van der Waals surface area contributed by atoms with Gasteiger partial charge in [-0.25, -0.2) is 0 Å². The van der Waals surface area contributed by atoms with Gasteiger partial charge in [0.05, 0.1) is 5.92 Å². The molecule has 1 unspecified atom stereocenters. The highest BCUT2D eigenvalue weighted by molar-refractivity contribution is 6.60. The molecule has 0 rings (SSSR count). The molecule has 0 spiro atoms. The third-order valence-corrected chi connectivity index (χ3v) is 5.13. The third kappa shape index (κ3) is 4.89. The predicted octanol–water partition coefficient (Wildman–Crippen LogP) is 1.53. The summed E-state index contributed by atoms with van der Waals surface area (Å²) in [6, 6.07) is 0.638. The minimum Gasteiger partial charge on any atom is -0.481 e. The van der Waals surface area contributed by atoms with E-state index in [0.717, 1.165) is 0 Å². The quantitative estimate of drug-likeness (QED) is 0.521. The molecule has 0 aromatic carbocycles. The van der Waals surface area contributed by atoms with Gasteiger partial charge in [0, 0.05) is 27.4 Å². The van der Waals surface area contributed by atoms with E-state index in [9.17, 15) is 4.79 Å². The van der Waals surface area contributed by atoms with Crippen molar-refractivity contribution in [3.63, 3.8) is 0 Å². The van der Waals surface area contributed by atoms with E-state index in [0.29, 0.717) is 12.5 Å². The van der Waals surface area contributed by atoms with Crippen molar-refractivity contribution < 1.29 is 23.2 Å². The Bertz CT molecular complexity index is 229. The van der Waals surface area contributed by atoms with E-state index in [-0.39, 0.29) is 0 Å². The average molecular weight is 248 g/mol. The molecule has 0 radical (unpaired) electrons. The molecule has 0 saturated carbocycles. The number of hydrogen-bond acceptors (Lipinski definition) is 4. The van der Waals surface area contributed by atoms with E-state index in [4.69, 9.17) is 18.4 Å². The highest BCUT2D eigenvalue weighted by atomic mass is 28.4. The molecular formula is C10H20O5Si. The first-order valence-electron chi connectivity index (χ1n) is 5.06. The molecule has 0 saturated heterocycles. The number of hydrogen-bond donors (Lipinski definition) is 1. The summed E-state index contributed by atoms with van der Waals surface area (Å²) in [5.41, 5.74) is 0. The second-order valence-electron chi connectivity index (χ2n) is 3.39. The minimum absolute atomic E-state index is 0.469. The maximum Gasteiger partial charge on any atom is 0.500 e. The van der Waals surface area contributed by atoms with E-state index in [1.165, 1.54) is 0 Å². The SMILES string of the molecule is CO[Si](CC/C=C/C(C)C(=O)O)(OC)OC. The summed E-state index contributed by atoms with van der Waals surface area (Å²) in [5, 5.41) is 8.66. The van der Waals surface area contributed by atoms with Crippen molar-refractivity contribution in [3.8, 4) is 0 Å². The fourth-order valence-corrected chi connectivity index (χ4v) is 2.83. The molecule has 0 heterocycles. The van der Waals surface area contributed by atoms with Crippen LogP contribution >= 0.6 is 0 Å². The van der Waals surface area contributed by atoms with Gasteiger partial charge in [-0.15, -0.1) is 0 Å². The monoisotopic (exact) mass is 248 g/mol. The largest absolute Gasteiger partial charge is 0.500 e. The van der Waals surface area contributed by atoms with Gasteiger partial charge in [-0.1, -0.05) is 12.2 Å². The van der Waals surface area contributed by atoms with Gasteiger partial charge >= 0.3 is 14.8 Å². The number of carbonyl (C=O) groups is 1. The van der Waals surface area contributed by atoms with E-state index in [2.05, 4.69) is 0 Å². The van der Waals surface area contributed by atoms with Crippen molar-refractivity contribution in [2.75, 3.05) is 21.3 Å². The summed E-state index contributed by atoms with van der Waals surface area (Å²) in [4.78, 5) is 10.5. The van der Waals surface area contributed by atoms with Gasteiger partial charge in [0.1, 0.15) is 0 Å². The molecule has 1 N–H and O–H groups in total. The third-order valence-electron chi connectivity index (χ3n) is 2.36.